The van der Waals surface area contributed by atoms with Gasteiger partial charge in [-0.05, 0) is 10.6 Å². The fraction of sp³-hybridized carbons (Fsp3) is 0.636. The molecule has 6 N–H and O–H groups in total. The summed E-state index contributed by atoms with van der Waals surface area (Å²) in [5.41, 5.74) is 13.0. The highest BCUT2D eigenvalue weighted by Gasteiger charge is 2.44. The molecule has 1 unspecified atom stereocenters. The van der Waals surface area contributed by atoms with Crippen molar-refractivity contribution in [1.29, 1.82) is 0 Å². The topological polar surface area (TPSA) is 209 Å². The van der Waals surface area contributed by atoms with Crippen molar-refractivity contribution in [3.05, 3.63) is 27.0 Å². The van der Waals surface area contributed by atoms with Crippen LogP contribution >= 0.6 is 0 Å². The molecule has 0 amide bonds. The molecule has 1 saturated heterocycles. The third-order valence-corrected chi connectivity index (χ3v) is 3.37. The summed E-state index contributed by atoms with van der Waals surface area (Å²) < 4.78 is 11.1. The number of anilines is 1. The number of nitrogen functional groups attached to an aromatic ring is 1. The summed E-state index contributed by atoms with van der Waals surface area (Å²) in [6, 6.07) is 1.14. The number of aliphatic hydroxyl groups excluding tert-OH is 4. The minimum absolute atomic E-state index is 0.161. The number of nitrogens with two attached hydrogens (primary N) is 1. The zero-order valence-electron chi connectivity index (χ0n) is 12.2. The van der Waals surface area contributed by atoms with Crippen LogP contribution in [-0.2, 0) is 16.2 Å². The molecule has 1 aliphatic heterocycles. The molecule has 0 saturated carbocycles. The van der Waals surface area contributed by atoms with Gasteiger partial charge >= 0.3 is 5.69 Å². The molecule has 0 spiro atoms. The Morgan fingerprint density at radius 2 is 2.12 bits per heavy atom. The van der Waals surface area contributed by atoms with Gasteiger partial charge in [0.25, 0.3) is 0 Å². The van der Waals surface area contributed by atoms with E-state index >= 15 is 0 Å². The molecule has 5 atom stereocenters. The smallest absolute Gasteiger partial charge is 0.351 e. The van der Waals surface area contributed by atoms with Crippen molar-refractivity contribution in [3.63, 3.8) is 0 Å². The first-order valence-corrected chi connectivity index (χ1v) is 6.73. The molecular formula is C11H16N6O7. The van der Waals surface area contributed by atoms with Crippen LogP contribution in [0.5, 0.6) is 0 Å². The van der Waals surface area contributed by atoms with Crippen LogP contribution in [0.4, 0.5) is 11.6 Å². The van der Waals surface area contributed by atoms with Gasteiger partial charge in [-0.1, -0.05) is 0 Å². The van der Waals surface area contributed by atoms with E-state index in [0.29, 0.717) is 0 Å². The van der Waals surface area contributed by atoms with Gasteiger partial charge in [-0.2, -0.15) is 4.98 Å². The van der Waals surface area contributed by atoms with Crippen LogP contribution in [0.2, 0.25) is 0 Å². The zero-order chi connectivity index (χ0) is 17.9. The summed E-state index contributed by atoms with van der Waals surface area (Å²) in [7, 11) is 0. The number of ether oxygens (including phenoxy) is 2. The molecule has 0 bridgehead atoms. The molecule has 132 valence electrons. The van der Waals surface area contributed by atoms with E-state index in [9.17, 15) is 20.1 Å². The lowest BCUT2D eigenvalue weighted by atomic mass is 9.99. The van der Waals surface area contributed by atoms with E-state index in [2.05, 4.69) is 15.0 Å². The number of rotatable bonds is 5. The van der Waals surface area contributed by atoms with Crippen molar-refractivity contribution in [2.45, 2.75) is 37.4 Å². The fourth-order valence-corrected chi connectivity index (χ4v) is 2.11. The third-order valence-electron chi connectivity index (χ3n) is 3.37. The monoisotopic (exact) mass is 344 g/mol. The van der Waals surface area contributed by atoms with E-state index < -0.39 is 49.7 Å². The van der Waals surface area contributed by atoms with Crippen LogP contribution in [0.15, 0.2) is 16.0 Å². The van der Waals surface area contributed by atoms with Crippen molar-refractivity contribution in [2.24, 2.45) is 5.11 Å². The highest BCUT2D eigenvalue weighted by molar-refractivity contribution is 5.39. The molecule has 1 fully saturated rings. The number of nitrogens with zero attached hydrogens (tertiary/aromatic N) is 5. The first-order valence-electron chi connectivity index (χ1n) is 6.73. The molecule has 2 heterocycles. The van der Waals surface area contributed by atoms with Crippen LogP contribution in [0.25, 0.3) is 10.4 Å². The van der Waals surface area contributed by atoms with E-state index in [1.54, 1.807) is 0 Å². The summed E-state index contributed by atoms with van der Waals surface area (Å²) in [6.45, 7) is -1.18. The van der Waals surface area contributed by atoms with Gasteiger partial charge in [0, 0.05) is 11.0 Å². The van der Waals surface area contributed by atoms with Gasteiger partial charge in [-0.25, -0.2) is 4.79 Å². The van der Waals surface area contributed by atoms with Crippen LogP contribution in [0.1, 0.15) is 0 Å². The van der Waals surface area contributed by atoms with Gasteiger partial charge in [0.1, 0.15) is 42.8 Å². The Labute approximate surface area is 134 Å². The highest BCUT2D eigenvalue weighted by atomic mass is 16.7. The second-order valence-electron chi connectivity index (χ2n) is 4.93. The molecule has 24 heavy (non-hydrogen) atoms. The van der Waals surface area contributed by atoms with E-state index in [-0.39, 0.29) is 11.6 Å². The fourth-order valence-electron chi connectivity index (χ4n) is 2.11. The molecule has 2 rings (SSSR count). The second kappa shape index (κ2) is 7.55. The van der Waals surface area contributed by atoms with Crippen molar-refractivity contribution in [1.82, 2.24) is 9.55 Å². The van der Waals surface area contributed by atoms with Gasteiger partial charge in [0.05, 0.1) is 6.61 Å². The van der Waals surface area contributed by atoms with Gasteiger partial charge < -0.3 is 35.6 Å². The molecule has 0 radical (unpaired) electrons. The number of hydrogen-bond acceptors (Lipinski definition) is 10. The summed E-state index contributed by atoms with van der Waals surface area (Å²) in [4.78, 5) is 17.8. The Hall–Kier alpha value is -2.25. The lowest BCUT2D eigenvalue weighted by Gasteiger charge is -2.39. The zero-order valence-corrected chi connectivity index (χ0v) is 12.2. The largest absolute Gasteiger partial charge is 0.394 e. The molecule has 1 aromatic heterocycles. The van der Waals surface area contributed by atoms with Gasteiger partial charge in [0.2, 0.25) is 0 Å². The Kier molecular flexibility index (Phi) is 5.69. The van der Waals surface area contributed by atoms with Crippen LogP contribution in [0.3, 0.4) is 0 Å². The van der Waals surface area contributed by atoms with Crippen LogP contribution in [-0.4, -0.2) is 67.3 Å². The second-order valence-corrected chi connectivity index (χ2v) is 4.93. The summed E-state index contributed by atoms with van der Waals surface area (Å²) in [6.07, 6.45) is -7.42. The maximum atomic E-state index is 11.8. The SMILES string of the molecule is [N-]=[N+]=Nc1cc(N)nc(=O)n1COC1O[C@H](CO)[C@@H](O)[C@H](O)[C@H]1O. The normalized spacial score (nSPS) is 29.9. The summed E-state index contributed by atoms with van der Waals surface area (Å²) >= 11 is 0. The summed E-state index contributed by atoms with van der Waals surface area (Å²) in [5.74, 6) is -0.342. The Balaban J connectivity index is 2.18. The number of aliphatic hydroxyl groups is 4. The minimum atomic E-state index is -1.64. The van der Waals surface area contributed by atoms with Crippen molar-refractivity contribution in [2.75, 3.05) is 12.3 Å². The van der Waals surface area contributed by atoms with E-state index in [1.807, 2.05) is 0 Å². The number of azide groups is 1. The van der Waals surface area contributed by atoms with Gasteiger partial charge in [-0.15, -0.1) is 0 Å². The lowest BCUT2D eigenvalue weighted by molar-refractivity contribution is -0.308. The Bertz CT molecular complexity index is 688. The molecule has 13 heteroatoms. The molecule has 1 aliphatic rings. The average molecular weight is 344 g/mol. The van der Waals surface area contributed by atoms with Crippen LogP contribution < -0.4 is 11.4 Å². The van der Waals surface area contributed by atoms with Gasteiger partial charge in [-0.3, -0.25) is 4.57 Å². The quantitative estimate of drug-likeness (QED) is 0.217. The standard InChI is InChI=1S/C11H16N6O7/c12-5-1-6(15-16-13)17(11(22)14-5)3-23-10-9(21)8(20)7(19)4(2-18)24-10/h1,4,7-10,18-21H,2-3H2,(H2,12,14,22)/t4-,7-,8+,9-,10?/m1/s1. The molecule has 0 aliphatic carbocycles. The minimum Gasteiger partial charge on any atom is -0.394 e. The van der Waals surface area contributed by atoms with Gasteiger partial charge in [0.15, 0.2) is 6.29 Å². The predicted molar refractivity (Wildman–Crippen MR) is 76.6 cm³/mol. The Morgan fingerprint density at radius 1 is 1.42 bits per heavy atom. The molecule has 1 aromatic rings. The summed E-state index contributed by atoms with van der Waals surface area (Å²) in [5, 5.41) is 41.5. The number of hydrogen-bond donors (Lipinski definition) is 5. The maximum Gasteiger partial charge on any atom is 0.351 e. The van der Waals surface area contributed by atoms with Crippen LogP contribution in [0, 0.1) is 0 Å². The Morgan fingerprint density at radius 3 is 2.75 bits per heavy atom. The lowest BCUT2D eigenvalue weighted by Crippen LogP contribution is -2.59. The third kappa shape index (κ3) is 3.63. The average Bonchev–Trinajstić information content (AvgIpc) is 2.54. The van der Waals surface area contributed by atoms with Crippen molar-refractivity contribution in [3.8, 4) is 0 Å². The first-order chi connectivity index (χ1) is 11.4. The predicted octanol–water partition coefficient (Wildman–Crippen LogP) is -2.46. The molecule has 13 nitrogen and oxygen atoms in total. The first kappa shape index (κ1) is 18.1. The number of aromatic nitrogens is 2. The van der Waals surface area contributed by atoms with Crippen molar-refractivity contribution < 1.29 is 29.9 Å². The van der Waals surface area contributed by atoms with E-state index in [4.69, 9.17) is 25.8 Å². The van der Waals surface area contributed by atoms with E-state index in [0.717, 1.165) is 10.6 Å². The van der Waals surface area contributed by atoms with Crippen molar-refractivity contribution >= 4 is 11.6 Å². The highest BCUT2D eigenvalue weighted by Crippen LogP contribution is 2.22. The molecule has 0 aromatic carbocycles. The van der Waals surface area contributed by atoms with E-state index in [1.165, 1.54) is 0 Å². The molecular weight excluding hydrogens is 328 g/mol. The maximum absolute atomic E-state index is 11.8.